The Bertz CT molecular complexity index is 1660. The molecule has 1 N–H and O–H groups in total. The van der Waals surface area contributed by atoms with Gasteiger partial charge < -0.3 is 33.5 Å². The molecule has 0 spiro atoms. The van der Waals surface area contributed by atoms with Gasteiger partial charge in [-0.05, 0) is 54.5 Å². The van der Waals surface area contributed by atoms with E-state index < -0.39 is 84.3 Å². The molecule has 52 heavy (non-hydrogen) atoms. The molecule has 2 aliphatic rings. The van der Waals surface area contributed by atoms with Crippen LogP contribution in [0.5, 0.6) is 0 Å². The molecular formula is C39H48O13. The number of esters is 6. The van der Waals surface area contributed by atoms with Gasteiger partial charge in [-0.3, -0.25) is 24.0 Å². The molecular weight excluding hydrogens is 676 g/mol. The lowest BCUT2D eigenvalue weighted by molar-refractivity contribution is -0.154. The van der Waals surface area contributed by atoms with Gasteiger partial charge in [-0.15, -0.1) is 0 Å². The fourth-order valence-electron chi connectivity index (χ4n) is 6.79. The van der Waals surface area contributed by atoms with Crippen LogP contribution in [0.2, 0.25) is 0 Å². The first-order chi connectivity index (χ1) is 24.3. The van der Waals surface area contributed by atoms with Crippen molar-refractivity contribution in [2.24, 2.45) is 11.3 Å². The lowest BCUT2D eigenvalue weighted by Gasteiger charge is -2.48. The Morgan fingerprint density at radius 2 is 1.33 bits per heavy atom. The molecule has 282 valence electrons. The van der Waals surface area contributed by atoms with E-state index in [2.05, 4.69) is 0 Å². The summed E-state index contributed by atoms with van der Waals surface area (Å²) in [5.74, 6) is -5.26. The first-order valence-electron chi connectivity index (χ1n) is 16.9. The SMILES string of the molecule is CC(=O)OC/C1=C/[C@H](OC(C)=O)[C@@H]2C[C@H](OC(C)=O)C(C)=C([C@@H](O)/C(OC(C)=O)=C(\C)[C@@H](OC(C)=O)C[C@@H]1OC(=O)/C=C/c1ccccc1)C2(C)C. The van der Waals surface area contributed by atoms with Crippen LogP contribution >= 0.6 is 0 Å². The van der Waals surface area contributed by atoms with Crippen LogP contribution in [0.25, 0.3) is 6.08 Å². The highest BCUT2D eigenvalue weighted by Crippen LogP contribution is 2.51. The fraction of sp³-hybridized carbons (Fsp3) is 0.487. The molecule has 1 aromatic carbocycles. The Kier molecular flexibility index (Phi) is 14.3. The molecule has 3 rings (SSSR count). The first kappa shape index (κ1) is 41.4. The molecule has 0 fully saturated rings. The molecule has 0 heterocycles. The van der Waals surface area contributed by atoms with Gasteiger partial charge in [-0.25, -0.2) is 4.79 Å². The summed E-state index contributed by atoms with van der Waals surface area (Å²) in [7, 11) is 0. The molecule has 13 heteroatoms. The summed E-state index contributed by atoms with van der Waals surface area (Å²) in [5, 5.41) is 12.2. The zero-order chi connectivity index (χ0) is 38.9. The van der Waals surface area contributed by atoms with E-state index in [1.165, 1.54) is 45.9 Å². The van der Waals surface area contributed by atoms with E-state index in [9.17, 15) is 33.9 Å². The van der Waals surface area contributed by atoms with Crippen molar-refractivity contribution in [2.45, 2.75) is 106 Å². The van der Waals surface area contributed by atoms with Gasteiger partial charge in [0.05, 0.1) is 0 Å². The van der Waals surface area contributed by atoms with Gasteiger partial charge in [0.1, 0.15) is 42.9 Å². The van der Waals surface area contributed by atoms with E-state index in [4.69, 9.17) is 28.4 Å². The highest BCUT2D eigenvalue weighted by Gasteiger charge is 2.50. The molecule has 0 aliphatic heterocycles. The summed E-state index contributed by atoms with van der Waals surface area (Å²) in [6.07, 6.45) is -2.19. The second kappa shape index (κ2) is 17.9. The zero-order valence-corrected chi connectivity index (χ0v) is 31.1. The second-order valence-corrected chi connectivity index (χ2v) is 13.4. The Hall–Kier alpha value is -5.04. The van der Waals surface area contributed by atoms with Crippen molar-refractivity contribution < 1.29 is 62.3 Å². The van der Waals surface area contributed by atoms with Gasteiger partial charge in [0, 0.05) is 64.2 Å². The molecule has 0 saturated carbocycles. The Labute approximate surface area is 303 Å². The maximum absolute atomic E-state index is 13.4. The van der Waals surface area contributed by atoms with E-state index >= 15 is 0 Å². The smallest absolute Gasteiger partial charge is 0.331 e. The molecule has 1 aromatic rings. The van der Waals surface area contributed by atoms with Gasteiger partial charge in [0.2, 0.25) is 0 Å². The van der Waals surface area contributed by atoms with Gasteiger partial charge in [-0.2, -0.15) is 0 Å². The summed E-state index contributed by atoms with van der Waals surface area (Å²) < 4.78 is 34.4. The average molecular weight is 725 g/mol. The lowest BCUT2D eigenvalue weighted by atomic mass is 9.60. The third kappa shape index (κ3) is 11.0. The Morgan fingerprint density at radius 1 is 0.750 bits per heavy atom. The summed E-state index contributed by atoms with van der Waals surface area (Å²) in [6.45, 7) is 12.3. The summed E-state index contributed by atoms with van der Waals surface area (Å²) in [6, 6.07) is 8.97. The Balaban J connectivity index is 2.43. The number of aliphatic hydroxyl groups is 1. The number of hydrogen-bond acceptors (Lipinski definition) is 13. The Morgan fingerprint density at radius 3 is 1.87 bits per heavy atom. The number of aliphatic hydroxyl groups excluding tert-OH is 1. The van der Waals surface area contributed by atoms with Crippen LogP contribution in [-0.4, -0.2) is 78.0 Å². The third-order valence-corrected chi connectivity index (χ3v) is 9.09. The van der Waals surface area contributed by atoms with E-state index in [0.717, 1.165) is 13.8 Å². The van der Waals surface area contributed by atoms with Gasteiger partial charge in [0.15, 0.2) is 0 Å². The van der Waals surface area contributed by atoms with Crippen LogP contribution < -0.4 is 0 Å². The maximum atomic E-state index is 13.4. The molecule has 0 unspecified atom stereocenters. The predicted octanol–water partition coefficient (Wildman–Crippen LogP) is 4.86. The standard InChI is InChI=1S/C39H48O13/c1-21-31(48-24(4)41)18-30-34(50-26(6)43)17-29(20-47-23(3)40)33(52-35(45)16-15-28-13-11-10-12-14-28)19-32(49-25(5)42)22(2)38(51-27(7)44)37(46)36(21)39(30,8)9/h10-17,30-34,37,46H,18-20H2,1-9H3/b16-15+,29-17-,38-22-/t30-,31-,32-,33-,34-,37+/m0/s1. The summed E-state index contributed by atoms with van der Waals surface area (Å²) in [5.41, 5.74) is 0.719. The summed E-state index contributed by atoms with van der Waals surface area (Å²) in [4.78, 5) is 75.7. The van der Waals surface area contributed by atoms with Crippen molar-refractivity contribution in [2.75, 3.05) is 6.61 Å². The normalized spacial score (nSPS) is 27.2. The van der Waals surface area contributed by atoms with E-state index in [1.54, 1.807) is 45.0 Å². The van der Waals surface area contributed by atoms with Crippen molar-refractivity contribution in [1.29, 1.82) is 0 Å². The van der Waals surface area contributed by atoms with Crippen LogP contribution in [0.1, 0.15) is 80.7 Å². The number of carbonyl (C=O) groups is 6. The summed E-state index contributed by atoms with van der Waals surface area (Å²) >= 11 is 0. The topological polar surface area (TPSA) is 178 Å². The zero-order valence-electron chi connectivity index (χ0n) is 31.1. The van der Waals surface area contributed by atoms with Gasteiger partial charge in [-0.1, -0.05) is 44.2 Å². The van der Waals surface area contributed by atoms with Crippen LogP contribution in [0.3, 0.4) is 0 Å². The molecule has 0 saturated heterocycles. The quantitative estimate of drug-likeness (QED) is 0.158. The van der Waals surface area contributed by atoms with Crippen molar-refractivity contribution in [1.82, 2.24) is 0 Å². The number of rotatable bonds is 9. The number of hydrogen-bond donors (Lipinski definition) is 1. The molecule has 6 atom stereocenters. The van der Waals surface area contributed by atoms with Crippen molar-refractivity contribution in [3.8, 4) is 0 Å². The van der Waals surface area contributed by atoms with Crippen LogP contribution in [-0.2, 0) is 57.2 Å². The van der Waals surface area contributed by atoms with Gasteiger partial charge in [0.25, 0.3) is 0 Å². The van der Waals surface area contributed by atoms with Crippen molar-refractivity contribution in [3.63, 3.8) is 0 Å². The molecule has 0 amide bonds. The van der Waals surface area contributed by atoms with Crippen LogP contribution in [0, 0.1) is 11.3 Å². The van der Waals surface area contributed by atoms with Gasteiger partial charge >= 0.3 is 35.8 Å². The highest BCUT2D eigenvalue weighted by atomic mass is 16.6. The number of fused-ring (bicyclic) bond motifs is 2. The van der Waals surface area contributed by atoms with Crippen molar-refractivity contribution in [3.05, 3.63) is 76.1 Å². The second-order valence-electron chi connectivity index (χ2n) is 13.4. The minimum absolute atomic E-state index is 0.116. The average Bonchev–Trinajstić information content (AvgIpc) is 3.03. The third-order valence-electron chi connectivity index (χ3n) is 9.09. The minimum Gasteiger partial charge on any atom is -0.461 e. The number of ether oxygens (including phenoxy) is 6. The highest BCUT2D eigenvalue weighted by molar-refractivity contribution is 5.87. The first-order valence-corrected chi connectivity index (χ1v) is 16.9. The minimum atomic E-state index is -1.64. The maximum Gasteiger partial charge on any atom is 0.331 e. The van der Waals surface area contributed by atoms with E-state index in [-0.39, 0.29) is 29.7 Å². The predicted molar refractivity (Wildman–Crippen MR) is 186 cm³/mol. The monoisotopic (exact) mass is 724 g/mol. The molecule has 0 aromatic heterocycles. The van der Waals surface area contributed by atoms with Crippen LogP contribution in [0.4, 0.5) is 0 Å². The fourth-order valence-corrected chi connectivity index (χ4v) is 6.79. The van der Waals surface area contributed by atoms with Crippen LogP contribution in [0.15, 0.2) is 70.5 Å². The lowest BCUT2D eigenvalue weighted by Crippen LogP contribution is -2.48. The molecule has 2 aliphatic carbocycles. The molecule has 2 bridgehead atoms. The van der Waals surface area contributed by atoms with E-state index in [1.807, 2.05) is 6.07 Å². The van der Waals surface area contributed by atoms with E-state index in [0.29, 0.717) is 16.7 Å². The molecule has 13 nitrogen and oxygen atoms in total. The largest absolute Gasteiger partial charge is 0.461 e. The molecule has 0 radical (unpaired) electrons. The van der Waals surface area contributed by atoms with Crippen molar-refractivity contribution >= 4 is 41.9 Å². The number of carbonyl (C=O) groups excluding carboxylic acids is 6. The number of benzene rings is 1.